The Kier molecular flexibility index (Phi) is 3.19. The van der Waals surface area contributed by atoms with Crippen molar-refractivity contribution in [3.05, 3.63) is 46.1 Å². The van der Waals surface area contributed by atoms with Crippen LogP contribution in [0.25, 0.3) is 11.3 Å². The molecule has 0 bridgehead atoms. The average molecular weight is 320 g/mol. The summed E-state index contributed by atoms with van der Waals surface area (Å²) in [4.78, 5) is 13.3. The normalized spacial score (nSPS) is 14.3. The van der Waals surface area contributed by atoms with E-state index in [0.29, 0.717) is 6.54 Å². The van der Waals surface area contributed by atoms with Crippen LogP contribution >= 0.6 is 15.9 Å². The summed E-state index contributed by atoms with van der Waals surface area (Å²) < 4.78 is 6.96. The number of hydrogen-bond donors (Lipinski definition) is 0. The molecule has 3 rings (SSSR count). The van der Waals surface area contributed by atoms with Crippen LogP contribution in [0.1, 0.15) is 18.2 Å². The first-order valence-corrected chi connectivity index (χ1v) is 7.06. The zero-order valence-electron chi connectivity index (χ0n) is 10.6. The first kappa shape index (κ1) is 12.5. The Morgan fingerprint density at radius 1 is 1.32 bits per heavy atom. The molecule has 1 aliphatic rings. The fourth-order valence-electron chi connectivity index (χ4n) is 2.36. The largest absolute Gasteiger partial charge is 0.461 e. The Hall–Kier alpha value is -1.55. The van der Waals surface area contributed by atoms with Crippen molar-refractivity contribution in [3.8, 4) is 11.3 Å². The van der Waals surface area contributed by atoms with Crippen LogP contribution in [0.4, 0.5) is 0 Å². The number of hydrogen-bond acceptors (Lipinski definition) is 2. The predicted octanol–water partition coefficient (Wildman–Crippen LogP) is 3.61. The maximum atomic E-state index is 11.4. The van der Waals surface area contributed by atoms with E-state index in [1.165, 1.54) is 0 Å². The Balaban J connectivity index is 1.91. The van der Waals surface area contributed by atoms with E-state index in [1.807, 2.05) is 35.2 Å². The highest BCUT2D eigenvalue weighted by Crippen LogP contribution is 2.30. The summed E-state index contributed by atoms with van der Waals surface area (Å²) in [7, 11) is 0. The van der Waals surface area contributed by atoms with Gasteiger partial charge in [0, 0.05) is 42.0 Å². The maximum absolute atomic E-state index is 11.4. The number of benzene rings is 1. The maximum Gasteiger partial charge on any atom is 0.219 e. The second-order valence-corrected chi connectivity index (χ2v) is 5.67. The van der Waals surface area contributed by atoms with Crippen LogP contribution in [-0.2, 0) is 17.8 Å². The van der Waals surface area contributed by atoms with Crippen molar-refractivity contribution in [2.75, 3.05) is 6.54 Å². The molecule has 0 radical (unpaired) electrons. The van der Waals surface area contributed by atoms with Gasteiger partial charge < -0.3 is 9.32 Å². The zero-order valence-corrected chi connectivity index (χ0v) is 12.2. The van der Waals surface area contributed by atoms with Crippen molar-refractivity contribution in [3.63, 3.8) is 0 Å². The van der Waals surface area contributed by atoms with Gasteiger partial charge in [0.2, 0.25) is 5.91 Å². The second kappa shape index (κ2) is 4.85. The van der Waals surface area contributed by atoms with Crippen LogP contribution in [0, 0.1) is 0 Å². The van der Waals surface area contributed by atoms with Gasteiger partial charge in [-0.1, -0.05) is 28.1 Å². The molecule has 1 aromatic carbocycles. The molecular weight excluding hydrogens is 306 g/mol. The minimum absolute atomic E-state index is 0.122. The third-order valence-electron chi connectivity index (χ3n) is 3.44. The quantitative estimate of drug-likeness (QED) is 0.804. The molecule has 1 amide bonds. The highest BCUT2D eigenvalue weighted by molar-refractivity contribution is 9.10. The summed E-state index contributed by atoms with van der Waals surface area (Å²) in [5.74, 6) is 2.01. The molecule has 1 aromatic heterocycles. The Bertz CT molecular complexity index is 616. The summed E-state index contributed by atoms with van der Waals surface area (Å²) in [5, 5.41) is 0. The monoisotopic (exact) mass is 319 g/mol. The van der Waals surface area contributed by atoms with Crippen molar-refractivity contribution in [1.82, 2.24) is 4.90 Å². The molecule has 98 valence electrons. The van der Waals surface area contributed by atoms with Crippen molar-refractivity contribution < 1.29 is 9.21 Å². The number of fused-ring (bicyclic) bond motifs is 1. The number of carbonyl (C=O) groups is 1. The van der Waals surface area contributed by atoms with Gasteiger partial charge in [-0.25, -0.2) is 0 Å². The van der Waals surface area contributed by atoms with Gasteiger partial charge in [-0.05, 0) is 18.2 Å². The van der Waals surface area contributed by atoms with Crippen LogP contribution < -0.4 is 0 Å². The number of nitrogens with zero attached hydrogens (tertiary/aromatic N) is 1. The summed E-state index contributed by atoms with van der Waals surface area (Å²) in [6.07, 6.45) is 0.797. The molecule has 0 spiro atoms. The smallest absolute Gasteiger partial charge is 0.219 e. The molecule has 2 aromatic rings. The first-order chi connectivity index (χ1) is 9.13. The number of furan rings is 1. The predicted molar refractivity (Wildman–Crippen MR) is 76.6 cm³/mol. The molecule has 0 N–H and O–H groups in total. The number of halogens is 1. The van der Waals surface area contributed by atoms with Gasteiger partial charge in [0.05, 0.1) is 0 Å². The van der Waals surface area contributed by atoms with Gasteiger partial charge in [-0.2, -0.15) is 0 Å². The molecule has 19 heavy (non-hydrogen) atoms. The lowest BCUT2D eigenvalue weighted by molar-refractivity contribution is -0.129. The third-order valence-corrected chi connectivity index (χ3v) is 3.97. The highest BCUT2D eigenvalue weighted by atomic mass is 79.9. The van der Waals surface area contributed by atoms with Gasteiger partial charge in [0.15, 0.2) is 0 Å². The molecule has 2 heterocycles. The van der Waals surface area contributed by atoms with Crippen LogP contribution in [0.2, 0.25) is 0 Å². The average Bonchev–Trinajstić information content (AvgIpc) is 2.82. The summed E-state index contributed by atoms with van der Waals surface area (Å²) in [5.41, 5.74) is 2.19. The van der Waals surface area contributed by atoms with Crippen LogP contribution in [-0.4, -0.2) is 17.4 Å². The number of carbonyl (C=O) groups excluding carboxylic acids is 1. The Labute approximate surface area is 120 Å². The van der Waals surface area contributed by atoms with Crippen LogP contribution in [0.5, 0.6) is 0 Å². The molecule has 0 saturated carbocycles. The SMILES string of the molecule is CC(=O)N1CCc2oc(-c3ccc(Br)cc3)cc2C1. The highest BCUT2D eigenvalue weighted by Gasteiger charge is 2.22. The summed E-state index contributed by atoms with van der Waals surface area (Å²) >= 11 is 3.42. The molecule has 4 heteroatoms. The first-order valence-electron chi connectivity index (χ1n) is 6.26. The summed E-state index contributed by atoms with van der Waals surface area (Å²) in [6.45, 7) is 3.01. The van der Waals surface area contributed by atoms with E-state index in [-0.39, 0.29) is 5.91 Å². The Morgan fingerprint density at radius 2 is 2.05 bits per heavy atom. The van der Waals surface area contributed by atoms with Gasteiger partial charge in [-0.15, -0.1) is 0 Å². The van der Waals surface area contributed by atoms with Gasteiger partial charge in [0.1, 0.15) is 11.5 Å². The molecule has 0 aliphatic carbocycles. The zero-order chi connectivity index (χ0) is 13.4. The third kappa shape index (κ3) is 2.45. The van der Waals surface area contributed by atoms with Crippen molar-refractivity contribution in [2.24, 2.45) is 0 Å². The van der Waals surface area contributed by atoms with Crippen LogP contribution in [0.15, 0.2) is 39.2 Å². The van der Waals surface area contributed by atoms with E-state index in [4.69, 9.17) is 4.42 Å². The van der Waals surface area contributed by atoms with Gasteiger partial charge >= 0.3 is 0 Å². The molecular formula is C15H14BrNO2. The lowest BCUT2D eigenvalue weighted by Crippen LogP contribution is -2.33. The second-order valence-electron chi connectivity index (χ2n) is 4.76. The fraction of sp³-hybridized carbons (Fsp3) is 0.267. The lowest BCUT2D eigenvalue weighted by atomic mass is 10.1. The van der Waals surface area contributed by atoms with Gasteiger partial charge in [-0.3, -0.25) is 4.79 Å². The number of amides is 1. The Morgan fingerprint density at radius 3 is 2.74 bits per heavy atom. The fourth-order valence-corrected chi connectivity index (χ4v) is 2.62. The standard InChI is InChI=1S/C15H14BrNO2/c1-10(18)17-7-6-14-12(9-17)8-15(19-14)11-2-4-13(16)5-3-11/h2-5,8H,6-7,9H2,1H3. The van der Waals surface area contributed by atoms with E-state index in [0.717, 1.165) is 40.1 Å². The molecule has 3 nitrogen and oxygen atoms in total. The molecule has 0 unspecified atom stereocenters. The van der Waals surface area contributed by atoms with Crippen molar-refractivity contribution in [1.29, 1.82) is 0 Å². The van der Waals surface area contributed by atoms with E-state index < -0.39 is 0 Å². The molecule has 0 fully saturated rings. The van der Waals surface area contributed by atoms with Crippen molar-refractivity contribution in [2.45, 2.75) is 19.9 Å². The van der Waals surface area contributed by atoms with Gasteiger partial charge in [0.25, 0.3) is 0 Å². The number of rotatable bonds is 1. The molecule has 0 saturated heterocycles. The minimum Gasteiger partial charge on any atom is -0.461 e. The van der Waals surface area contributed by atoms with E-state index >= 15 is 0 Å². The minimum atomic E-state index is 0.122. The van der Waals surface area contributed by atoms with E-state index in [9.17, 15) is 4.79 Å². The topological polar surface area (TPSA) is 33.5 Å². The lowest BCUT2D eigenvalue weighted by Gasteiger charge is -2.24. The van der Waals surface area contributed by atoms with Crippen LogP contribution in [0.3, 0.4) is 0 Å². The van der Waals surface area contributed by atoms with E-state index in [1.54, 1.807) is 6.92 Å². The summed E-state index contributed by atoms with van der Waals surface area (Å²) in [6, 6.07) is 10.1. The molecule has 1 aliphatic heterocycles. The molecule has 0 atom stereocenters. The van der Waals surface area contributed by atoms with Crippen molar-refractivity contribution >= 4 is 21.8 Å². The van der Waals surface area contributed by atoms with E-state index in [2.05, 4.69) is 15.9 Å².